The summed E-state index contributed by atoms with van der Waals surface area (Å²) >= 11 is 0. The number of hydrogen-bond acceptors (Lipinski definition) is 2. The van der Waals surface area contributed by atoms with Crippen LogP contribution in [0.5, 0.6) is 0 Å². The van der Waals surface area contributed by atoms with Crippen LogP contribution in [0.3, 0.4) is 0 Å². The Bertz CT molecular complexity index is 250. The molecule has 0 aromatic rings. The van der Waals surface area contributed by atoms with Crippen LogP contribution in [0.25, 0.3) is 0 Å². The van der Waals surface area contributed by atoms with E-state index in [9.17, 15) is 8.78 Å². The maximum Gasteiger partial charge on any atom is 0.251 e. The van der Waals surface area contributed by atoms with Gasteiger partial charge in [-0.2, -0.15) is 0 Å². The van der Waals surface area contributed by atoms with Gasteiger partial charge >= 0.3 is 0 Å². The van der Waals surface area contributed by atoms with Gasteiger partial charge in [0.2, 0.25) is 0 Å². The summed E-state index contributed by atoms with van der Waals surface area (Å²) in [5, 5.41) is 3.64. The molecule has 1 unspecified atom stereocenters. The number of nitrogens with zero attached hydrogens (tertiary/aromatic N) is 1. The lowest BCUT2D eigenvalue weighted by Crippen LogP contribution is -2.64. The van der Waals surface area contributed by atoms with Crippen LogP contribution in [0.1, 0.15) is 39.5 Å². The van der Waals surface area contributed by atoms with Crippen molar-refractivity contribution in [2.75, 3.05) is 19.6 Å². The predicted molar refractivity (Wildman–Crippen MR) is 65.4 cm³/mol. The van der Waals surface area contributed by atoms with E-state index in [-0.39, 0.29) is 18.1 Å². The normalized spacial score (nSPS) is 29.6. The van der Waals surface area contributed by atoms with Crippen LogP contribution in [0.15, 0.2) is 0 Å². The summed E-state index contributed by atoms with van der Waals surface area (Å²) in [5.74, 6) is 0.431. The van der Waals surface area contributed by atoms with Crippen molar-refractivity contribution < 1.29 is 8.78 Å². The maximum atomic E-state index is 12.7. The summed E-state index contributed by atoms with van der Waals surface area (Å²) in [4.78, 5) is 2.02. The summed E-state index contributed by atoms with van der Waals surface area (Å²) in [6, 6.07) is 0.259. The molecule has 100 valence electrons. The molecule has 1 spiro atoms. The van der Waals surface area contributed by atoms with Gasteiger partial charge in [-0.1, -0.05) is 26.7 Å². The van der Waals surface area contributed by atoms with Crippen molar-refractivity contribution in [1.82, 2.24) is 10.2 Å². The minimum absolute atomic E-state index is 0.0632. The molecule has 4 heteroatoms. The first kappa shape index (κ1) is 13.2. The number of rotatable bonds is 3. The minimum Gasteiger partial charge on any atom is -0.308 e. The second-order valence-electron chi connectivity index (χ2n) is 6.00. The van der Waals surface area contributed by atoms with Crippen molar-refractivity contribution in [2.24, 2.45) is 5.92 Å². The molecule has 1 heterocycles. The lowest BCUT2D eigenvalue weighted by Gasteiger charge is -2.47. The molecular formula is C13H24F2N2. The minimum atomic E-state index is -2.21. The number of nitrogens with one attached hydrogen (secondary N) is 1. The van der Waals surface area contributed by atoms with Gasteiger partial charge in [-0.15, -0.1) is 0 Å². The maximum absolute atomic E-state index is 12.7. The molecule has 1 aliphatic carbocycles. The van der Waals surface area contributed by atoms with Crippen LogP contribution in [0.4, 0.5) is 8.78 Å². The Hall–Kier alpha value is -0.220. The van der Waals surface area contributed by atoms with Gasteiger partial charge in [0.15, 0.2) is 0 Å². The monoisotopic (exact) mass is 246 g/mol. The van der Waals surface area contributed by atoms with E-state index in [1.165, 1.54) is 12.8 Å². The van der Waals surface area contributed by atoms with Gasteiger partial charge in [-0.25, -0.2) is 8.78 Å². The molecule has 17 heavy (non-hydrogen) atoms. The standard InChI is InChI=1S/C13H24F2N2/c1-10(2)11-7-16-13(5-3-4-6-13)9-17(11)8-12(14)15/h10-12,16H,3-9H2,1-2H3. The van der Waals surface area contributed by atoms with E-state index in [1.807, 2.05) is 4.90 Å². The van der Waals surface area contributed by atoms with Crippen molar-refractivity contribution in [2.45, 2.75) is 57.5 Å². The highest BCUT2D eigenvalue weighted by Gasteiger charge is 2.42. The Morgan fingerprint density at radius 1 is 1.29 bits per heavy atom. The van der Waals surface area contributed by atoms with Crippen molar-refractivity contribution in [1.29, 1.82) is 0 Å². The molecule has 0 aromatic heterocycles. The van der Waals surface area contributed by atoms with Crippen molar-refractivity contribution in [3.8, 4) is 0 Å². The van der Waals surface area contributed by atoms with Crippen LogP contribution in [-0.2, 0) is 0 Å². The summed E-state index contributed by atoms with van der Waals surface area (Å²) in [5.41, 5.74) is 0.139. The van der Waals surface area contributed by atoms with Crippen molar-refractivity contribution >= 4 is 0 Å². The Kier molecular flexibility index (Phi) is 4.03. The van der Waals surface area contributed by atoms with Crippen LogP contribution < -0.4 is 5.32 Å². The fourth-order valence-electron chi connectivity index (χ4n) is 3.43. The second kappa shape index (κ2) is 5.19. The molecule has 1 N–H and O–H groups in total. The molecule has 0 bridgehead atoms. The summed E-state index contributed by atoms with van der Waals surface area (Å²) in [6.45, 7) is 5.85. The number of halogens is 2. The van der Waals surface area contributed by atoms with Gasteiger partial charge in [0.05, 0.1) is 6.54 Å². The average molecular weight is 246 g/mol. The number of piperazine rings is 1. The molecule has 1 aliphatic heterocycles. The lowest BCUT2D eigenvalue weighted by atomic mass is 9.89. The molecule has 2 rings (SSSR count). The molecular weight excluding hydrogens is 222 g/mol. The predicted octanol–water partition coefficient (Wildman–Crippen LogP) is 2.49. The van der Waals surface area contributed by atoms with Crippen LogP contribution >= 0.6 is 0 Å². The smallest absolute Gasteiger partial charge is 0.251 e. The second-order valence-corrected chi connectivity index (χ2v) is 6.00. The van der Waals surface area contributed by atoms with E-state index < -0.39 is 6.43 Å². The summed E-state index contributed by atoms with van der Waals surface area (Å²) < 4.78 is 25.3. The lowest BCUT2D eigenvalue weighted by molar-refractivity contribution is 0.00669. The third-order valence-corrected chi connectivity index (χ3v) is 4.36. The fraction of sp³-hybridized carbons (Fsp3) is 1.00. The highest BCUT2D eigenvalue weighted by molar-refractivity contribution is 5.01. The van der Waals surface area contributed by atoms with E-state index in [1.54, 1.807) is 0 Å². The highest BCUT2D eigenvalue weighted by Crippen LogP contribution is 2.34. The molecule has 0 radical (unpaired) electrons. The van der Waals surface area contributed by atoms with Crippen LogP contribution in [-0.4, -0.2) is 42.5 Å². The Morgan fingerprint density at radius 2 is 1.94 bits per heavy atom. The summed E-state index contributed by atoms with van der Waals surface area (Å²) in [6.07, 6.45) is 2.56. The molecule has 2 fully saturated rings. The zero-order chi connectivity index (χ0) is 12.5. The molecule has 2 nitrogen and oxygen atoms in total. The Labute approximate surface area is 103 Å². The third-order valence-electron chi connectivity index (χ3n) is 4.36. The van der Waals surface area contributed by atoms with Gasteiger partial charge in [0.1, 0.15) is 0 Å². The molecule has 2 aliphatic rings. The Balaban J connectivity index is 2.04. The van der Waals surface area contributed by atoms with E-state index in [2.05, 4.69) is 19.2 Å². The van der Waals surface area contributed by atoms with Crippen LogP contribution in [0.2, 0.25) is 0 Å². The zero-order valence-corrected chi connectivity index (χ0v) is 10.9. The van der Waals surface area contributed by atoms with E-state index >= 15 is 0 Å². The molecule has 1 saturated heterocycles. The third kappa shape index (κ3) is 2.97. The first-order valence-corrected chi connectivity index (χ1v) is 6.80. The first-order valence-electron chi connectivity index (χ1n) is 6.80. The Morgan fingerprint density at radius 3 is 2.47 bits per heavy atom. The topological polar surface area (TPSA) is 15.3 Å². The molecule has 0 aromatic carbocycles. The zero-order valence-electron chi connectivity index (χ0n) is 10.9. The number of alkyl halides is 2. The SMILES string of the molecule is CC(C)C1CNC2(CCCC2)CN1CC(F)F. The van der Waals surface area contributed by atoms with Gasteiger partial charge < -0.3 is 5.32 Å². The van der Waals surface area contributed by atoms with Gasteiger partial charge in [0.25, 0.3) is 6.43 Å². The molecule has 1 atom stereocenters. The number of hydrogen-bond donors (Lipinski definition) is 1. The van der Waals surface area contributed by atoms with Crippen molar-refractivity contribution in [3.05, 3.63) is 0 Å². The van der Waals surface area contributed by atoms with Gasteiger partial charge in [0, 0.05) is 24.7 Å². The van der Waals surface area contributed by atoms with Gasteiger partial charge in [-0.05, 0) is 18.8 Å². The summed E-state index contributed by atoms with van der Waals surface area (Å²) in [7, 11) is 0. The fourth-order valence-corrected chi connectivity index (χ4v) is 3.43. The van der Waals surface area contributed by atoms with Crippen LogP contribution in [0, 0.1) is 5.92 Å². The molecule has 1 saturated carbocycles. The average Bonchev–Trinajstić information content (AvgIpc) is 2.65. The molecule has 0 amide bonds. The van der Waals surface area contributed by atoms with Crippen molar-refractivity contribution in [3.63, 3.8) is 0 Å². The van der Waals surface area contributed by atoms with E-state index in [4.69, 9.17) is 0 Å². The van der Waals surface area contributed by atoms with Gasteiger partial charge in [-0.3, -0.25) is 4.90 Å². The van der Waals surface area contributed by atoms with E-state index in [0.717, 1.165) is 25.9 Å². The van der Waals surface area contributed by atoms with E-state index in [0.29, 0.717) is 5.92 Å². The highest BCUT2D eigenvalue weighted by atomic mass is 19.3. The quantitative estimate of drug-likeness (QED) is 0.823. The first-order chi connectivity index (χ1) is 8.02. The largest absolute Gasteiger partial charge is 0.308 e.